The second kappa shape index (κ2) is 13.1. The van der Waals surface area contributed by atoms with Gasteiger partial charge in [-0.25, -0.2) is 0 Å². The van der Waals surface area contributed by atoms with E-state index in [4.69, 9.17) is 21.1 Å². The zero-order valence-corrected chi connectivity index (χ0v) is 23.7. The SMILES string of the molecule is CC(C)(Oc1ccc(C(=O)c2ccc(Cl)cc2)cc1)C(=O)NCCC(Oc1ccc(C(F)(F)F)cc1)c1ccccc1. The van der Waals surface area contributed by atoms with Crippen molar-refractivity contribution >= 4 is 23.3 Å². The summed E-state index contributed by atoms with van der Waals surface area (Å²) >= 11 is 5.90. The molecule has 1 amide bonds. The van der Waals surface area contributed by atoms with Crippen molar-refractivity contribution in [1.82, 2.24) is 5.32 Å². The highest BCUT2D eigenvalue weighted by molar-refractivity contribution is 6.30. The molecule has 4 rings (SSSR count). The average molecular weight is 596 g/mol. The van der Waals surface area contributed by atoms with E-state index in [1.54, 1.807) is 62.4 Å². The number of rotatable bonds is 11. The minimum atomic E-state index is -4.44. The molecule has 9 heteroatoms. The number of amides is 1. The predicted molar refractivity (Wildman–Crippen MR) is 155 cm³/mol. The minimum Gasteiger partial charge on any atom is -0.486 e. The Hall–Kier alpha value is -4.30. The standard InChI is InChI=1S/C33H29ClF3NO4/c1-32(2,42-28-16-10-24(11-17-28)30(39)23-8-14-26(34)15-9-23)31(40)38-21-20-29(22-6-4-3-5-7-22)41-27-18-12-25(13-19-27)33(35,36)37/h3-19,29H,20-21H2,1-2H3,(H,38,40). The third-order valence-corrected chi connectivity index (χ3v) is 6.72. The number of ketones is 1. The fourth-order valence-electron chi connectivity index (χ4n) is 4.16. The third kappa shape index (κ3) is 8.13. The van der Waals surface area contributed by atoms with E-state index < -0.39 is 23.4 Å². The number of alkyl halides is 3. The first kappa shape index (κ1) is 30.7. The molecule has 0 fully saturated rings. The maximum atomic E-state index is 13.0. The van der Waals surface area contributed by atoms with Crippen LogP contribution in [0.25, 0.3) is 0 Å². The van der Waals surface area contributed by atoms with Crippen molar-refractivity contribution in [2.75, 3.05) is 6.54 Å². The van der Waals surface area contributed by atoms with Crippen molar-refractivity contribution in [1.29, 1.82) is 0 Å². The Kier molecular flexibility index (Phi) is 9.58. The van der Waals surface area contributed by atoms with E-state index >= 15 is 0 Å². The van der Waals surface area contributed by atoms with Gasteiger partial charge in [0.2, 0.25) is 0 Å². The lowest BCUT2D eigenvalue weighted by Gasteiger charge is -2.26. The molecule has 0 saturated heterocycles. The molecule has 1 unspecified atom stereocenters. The number of ether oxygens (including phenoxy) is 2. The molecule has 0 spiro atoms. The Bertz CT molecular complexity index is 1490. The van der Waals surface area contributed by atoms with E-state index in [9.17, 15) is 22.8 Å². The zero-order valence-electron chi connectivity index (χ0n) is 23.0. The number of carbonyl (C=O) groups excluding carboxylic acids is 2. The van der Waals surface area contributed by atoms with Crippen molar-refractivity contribution in [2.45, 2.75) is 38.1 Å². The first-order valence-corrected chi connectivity index (χ1v) is 13.6. The quantitative estimate of drug-likeness (QED) is 0.178. The van der Waals surface area contributed by atoms with Gasteiger partial charge in [-0.1, -0.05) is 41.9 Å². The lowest BCUT2D eigenvalue weighted by atomic mass is 10.0. The summed E-state index contributed by atoms with van der Waals surface area (Å²) in [5, 5.41) is 3.40. The summed E-state index contributed by atoms with van der Waals surface area (Å²) in [7, 11) is 0. The molecule has 218 valence electrons. The van der Waals surface area contributed by atoms with Gasteiger partial charge in [0.15, 0.2) is 11.4 Å². The maximum absolute atomic E-state index is 13.0. The highest BCUT2D eigenvalue weighted by atomic mass is 35.5. The summed E-state index contributed by atoms with van der Waals surface area (Å²) in [4.78, 5) is 25.7. The summed E-state index contributed by atoms with van der Waals surface area (Å²) in [6.45, 7) is 3.48. The lowest BCUT2D eigenvalue weighted by molar-refractivity contribution is -0.137. The largest absolute Gasteiger partial charge is 0.486 e. The topological polar surface area (TPSA) is 64.6 Å². The van der Waals surface area contributed by atoms with Crippen molar-refractivity contribution in [3.63, 3.8) is 0 Å². The number of nitrogens with one attached hydrogen (secondary N) is 1. The molecule has 42 heavy (non-hydrogen) atoms. The van der Waals surface area contributed by atoms with E-state index in [0.717, 1.165) is 17.7 Å². The Morgan fingerprint density at radius 2 is 1.33 bits per heavy atom. The molecule has 1 atom stereocenters. The molecule has 0 aromatic heterocycles. The molecule has 0 radical (unpaired) electrons. The van der Waals surface area contributed by atoms with Crippen LogP contribution in [0.3, 0.4) is 0 Å². The lowest BCUT2D eigenvalue weighted by Crippen LogP contribution is -2.47. The van der Waals surface area contributed by atoms with Gasteiger partial charge in [0.1, 0.15) is 17.6 Å². The van der Waals surface area contributed by atoms with Gasteiger partial charge in [-0.2, -0.15) is 13.2 Å². The third-order valence-electron chi connectivity index (χ3n) is 6.47. The number of halogens is 4. The fraction of sp³-hybridized carbons (Fsp3) is 0.212. The van der Waals surface area contributed by atoms with Crippen LogP contribution in [-0.4, -0.2) is 23.8 Å². The average Bonchev–Trinajstić information content (AvgIpc) is 2.97. The van der Waals surface area contributed by atoms with Gasteiger partial charge < -0.3 is 14.8 Å². The van der Waals surface area contributed by atoms with Gasteiger partial charge in [-0.3, -0.25) is 9.59 Å². The fourth-order valence-corrected chi connectivity index (χ4v) is 4.29. The Morgan fingerprint density at radius 1 is 0.786 bits per heavy atom. The van der Waals surface area contributed by atoms with Crippen LogP contribution < -0.4 is 14.8 Å². The smallest absolute Gasteiger partial charge is 0.416 e. The van der Waals surface area contributed by atoms with Crippen LogP contribution in [-0.2, 0) is 11.0 Å². The molecule has 0 aliphatic carbocycles. The van der Waals surface area contributed by atoms with Crippen LogP contribution in [0.4, 0.5) is 13.2 Å². The molecule has 0 heterocycles. The van der Waals surface area contributed by atoms with Crippen LogP contribution in [0.2, 0.25) is 5.02 Å². The van der Waals surface area contributed by atoms with Crippen LogP contribution in [0.1, 0.15) is 53.4 Å². The molecule has 0 aliphatic heterocycles. The molecular formula is C33H29ClF3NO4. The number of hydrogen-bond donors (Lipinski definition) is 1. The summed E-state index contributed by atoms with van der Waals surface area (Å²) in [6, 6.07) is 26.8. The molecule has 5 nitrogen and oxygen atoms in total. The van der Waals surface area contributed by atoms with E-state index in [-0.39, 0.29) is 24.0 Å². The number of benzene rings is 4. The zero-order chi connectivity index (χ0) is 30.3. The van der Waals surface area contributed by atoms with Crippen LogP contribution in [0.15, 0.2) is 103 Å². The van der Waals surface area contributed by atoms with Gasteiger partial charge in [0, 0.05) is 29.1 Å². The first-order chi connectivity index (χ1) is 19.9. The second-order valence-corrected chi connectivity index (χ2v) is 10.5. The predicted octanol–water partition coefficient (Wildman–Crippen LogP) is 8.07. The molecule has 0 saturated carbocycles. The monoisotopic (exact) mass is 595 g/mol. The highest BCUT2D eigenvalue weighted by Gasteiger charge is 2.31. The number of carbonyl (C=O) groups is 2. The molecule has 0 bridgehead atoms. The van der Waals surface area contributed by atoms with E-state index in [1.807, 2.05) is 30.3 Å². The summed E-state index contributed by atoms with van der Waals surface area (Å²) < 4.78 is 50.8. The van der Waals surface area contributed by atoms with Gasteiger partial charge in [0.25, 0.3) is 5.91 Å². The second-order valence-electron chi connectivity index (χ2n) is 10.1. The van der Waals surface area contributed by atoms with E-state index in [0.29, 0.717) is 28.3 Å². The molecule has 0 aliphatic rings. The normalized spacial score (nSPS) is 12.3. The van der Waals surface area contributed by atoms with Crippen LogP contribution >= 0.6 is 11.6 Å². The van der Waals surface area contributed by atoms with Crippen LogP contribution in [0, 0.1) is 0 Å². The number of hydrogen-bond acceptors (Lipinski definition) is 4. The van der Waals surface area contributed by atoms with E-state index in [2.05, 4.69) is 5.32 Å². The van der Waals surface area contributed by atoms with Gasteiger partial charge in [0.05, 0.1) is 5.56 Å². The Labute approximate surface area is 247 Å². The maximum Gasteiger partial charge on any atom is 0.416 e. The minimum absolute atomic E-state index is 0.165. The van der Waals surface area contributed by atoms with Crippen molar-refractivity contribution in [2.24, 2.45) is 0 Å². The first-order valence-electron chi connectivity index (χ1n) is 13.2. The molecule has 1 N–H and O–H groups in total. The van der Waals surface area contributed by atoms with Gasteiger partial charge in [-0.05, 0) is 92.2 Å². The Balaban J connectivity index is 1.35. The van der Waals surface area contributed by atoms with Gasteiger partial charge in [-0.15, -0.1) is 0 Å². The molecular weight excluding hydrogens is 567 g/mol. The molecule has 4 aromatic carbocycles. The van der Waals surface area contributed by atoms with Gasteiger partial charge >= 0.3 is 6.18 Å². The van der Waals surface area contributed by atoms with Crippen molar-refractivity contribution in [3.05, 3.63) is 130 Å². The van der Waals surface area contributed by atoms with E-state index in [1.165, 1.54) is 12.1 Å². The van der Waals surface area contributed by atoms with Crippen molar-refractivity contribution in [3.8, 4) is 11.5 Å². The van der Waals surface area contributed by atoms with Crippen molar-refractivity contribution < 1.29 is 32.2 Å². The van der Waals surface area contributed by atoms with Crippen LogP contribution in [0.5, 0.6) is 11.5 Å². The summed E-state index contributed by atoms with van der Waals surface area (Å²) in [6.07, 6.45) is -4.60. The Morgan fingerprint density at radius 3 is 1.90 bits per heavy atom. The summed E-state index contributed by atoms with van der Waals surface area (Å²) in [5.74, 6) is 0.160. The summed E-state index contributed by atoms with van der Waals surface area (Å²) in [5.41, 5.74) is -0.215. The highest BCUT2D eigenvalue weighted by Crippen LogP contribution is 2.32. The molecule has 4 aromatic rings.